The number of nitrogens with zero attached hydrogens (tertiary/aromatic N) is 3. The number of hydrogen-bond acceptors (Lipinski definition) is 3. The number of anilines is 1. The summed E-state index contributed by atoms with van der Waals surface area (Å²) in [6.45, 7) is 6.42. The zero-order valence-electron chi connectivity index (χ0n) is 9.92. The standard InChI is InChI=1S/C10H20N4/c1-7(2)9-8(3)11-14(6)10(9)12-13(4)5/h7,12H,1-6H3. The van der Waals surface area contributed by atoms with Crippen LogP contribution in [0.5, 0.6) is 0 Å². The first kappa shape index (κ1) is 11.0. The van der Waals surface area contributed by atoms with Gasteiger partial charge in [-0.25, -0.2) is 5.01 Å². The SMILES string of the molecule is Cc1nn(C)c(NN(C)C)c1C(C)C. The zero-order chi connectivity index (χ0) is 10.9. The predicted octanol–water partition coefficient (Wildman–Crippen LogP) is 1.74. The van der Waals surface area contributed by atoms with E-state index >= 15 is 0 Å². The van der Waals surface area contributed by atoms with Gasteiger partial charge in [-0.05, 0) is 12.8 Å². The summed E-state index contributed by atoms with van der Waals surface area (Å²) in [6.07, 6.45) is 0. The lowest BCUT2D eigenvalue weighted by molar-refractivity contribution is 0.484. The molecule has 0 saturated heterocycles. The van der Waals surface area contributed by atoms with Gasteiger partial charge in [0.2, 0.25) is 0 Å². The lowest BCUT2D eigenvalue weighted by Gasteiger charge is -2.16. The first-order chi connectivity index (χ1) is 6.43. The maximum atomic E-state index is 4.41. The summed E-state index contributed by atoms with van der Waals surface area (Å²) in [5.41, 5.74) is 5.67. The number of aryl methyl sites for hydroxylation is 2. The minimum atomic E-state index is 0.492. The van der Waals surface area contributed by atoms with Crippen LogP contribution in [0.25, 0.3) is 0 Å². The molecule has 1 rings (SSSR count). The smallest absolute Gasteiger partial charge is 0.142 e. The molecule has 14 heavy (non-hydrogen) atoms. The molecule has 4 nitrogen and oxygen atoms in total. The molecule has 0 aliphatic rings. The van der Waals surface area contributed by atoms with E-state index in [0.717, 1.165) is 11.5 Å². The second-order valence-electron chi connectivity index (χ2n) is 4.13. The third kappa shape index (κ3) is 2.07. The minimum absolute atomic E-state index is 0.492. The van der Waals surface area contributed by atoms with Crippen molar-refractivity contribution in [2.24, 2.45) is 7.05 Å². The summed E-state index contributed by atoms with van der Waals surface area (Å²) >= 11 is 0. The number of rotatable bonds is 3. The Kier molecular flexibility index (Phi) is 3.16. The molecule has 0 spiro atoms. The van der Waals surface area contributed by atoms with E-state index in [9.17, 15) is 0 Å². The third-order valence-corrected chi connectivity index (χ3v) is 2.18. The van der Waals surface area contributed by atoms with E-state index in [4.69, 9.17) is 0 Å². The highest BCUT2D eigenvalue weighted by Crippen LogP contribution is 2.26. The van der Waals surface area contributed by atoms with Gasteiger partial charge in [0.25, 0.3) is 0 Å². The zero-order valence-corrected chi connectivity index (χ0v) is 9.92. The van der Waals surface area contributed by atoms with Gasteiger partial charge in [-0.3, -0.25) is 4.68 Å². The maximum absolute atomic E-state index is 4.41. The van der Waals surface area contributed by atoms with Gasteiger partial charge in [-0.1, -0.05) is 13.8 Å². The molecule has 0 saturated carbocycles. The van der Waals surface area contributed by atoms with Gasteiger partial charge in [-0.15, -0.1) is 0 Å². The first-order valence-corrected chi connectivity index (χ1v) is 4.91. The first-order valence-electron chi connectivity index (χ1n) is 4.91. The number of hydrazine groups is 1. The van der Waals surface area contributed by atoms with Crippen LogP contribution in [0.1, 0.15) is 31.0 Å². The molecule has 1 heterocycles. The summed E-state index contributed by atoms with van der Waals surface area (Å²) < 4.78 is 1.89. The Morgan fingerprint density at radius 1 is 1.36 bits per heavy atom. The van der Waals surface area contributed by atoms with Crippen LogP contribution in [0.3, 0.4) is 0 Å². The molecule has 0 bridgehead atoms. The van der Waals surface area contributed by atoms with Crippen molar-refractivity contribution in [2.45, 2.75) is 26.7 Å². The van der Waals surface area contributed by atoms with Gasteiger partial charge >= 0.3 is 0 Å². The molecule has 0 radical (unpaired) electrons. The molecule has 1 aromatic heterocycles. The van der Waals surface area contributed by atoms with Crippen molar-refractivity contribution >= 4 is 5.82 Å². The van der Waals surface area contributed by atoms with Crippen molar-refractivity contribution < 1.29 is 0 Å². The summed E-state index contributed by atoms with van der Waals surface area (Å²) in [4.78, 5) is 0. The van der Waals surface area contributed by atoms with Gasteiger partial charge in [0.05, 0.1) is 5.69 Å². The summed E-state index contributed by atoms with van der Waals surface area (Å²) in [7, 11) is 5.92. The monoisotopic (exact) mass is 196 g/mol. The Bertz CT molecular complexity index is 312. The Labute approximate surface area is 85.9 Å². The summed E-state index contributed by atoms with van der Waals surface area (Å²) in [5.74, 6) is 1.58. The summed E-state index contributed by atoms with van der Waals surface area (Å²) in [5, 5.41) is 6.35. The van der Waals surface area contributed by atoms with Gasteiger partial charge in [-0.2, -0.15) is 5.10 Å². The van der Waals surface area contributed by atoms with E-state index in [1.54, 1.807) is 0 Å². The van der Waals surface area contributed by atoms with E-state index < -0.39 is 0 Å². The summed E-state index contributed by atoms with van der Waals surface area (Å²) in [6, 6.07) is 0. The van der Waals surface area contributed by atoms with Gasteiger partial charge in [0.15, 0.2) is 0 Å². The molecular weight excluding hydrogens is 176 g/mol. The minimum Gasteiger partial charge on any atom is -0.304 e. The third-order valence-electron chi connectivity index (χ3n) is 2.18. The van der Waals surface area contributed by atoms with Crippen LogP contribution in [0.2, 0.25) is 0 Å². The largest absolute Gasteiger partial charge is 0.304 e. The van der Waals surface area contributed by atoms with Gasteiger partial charge < -0.3 is 5.43 Å². The molecule has 0 fully saturated rings. The molecule has 0 aliphatic heterocycles. The van der Waals surface area contributed by atoms with Crippen molar-refractivity contribution in [3.8, 4) is 0 Å². The van der Waals surface area contributed by atoms with Crippen molar-refractivity contribution in [3.63, 3.8) is 0 Å². The average molecular weight is 196 g/mol. The van der Waals surface area contributed by atoms with Gasteiger partial charge in [0.1, 0.15) is 5.82 Å². The van der Waals surface area contributed by atoms with E-state index in [-0.39, 0.29) is 0 Å². The van der Waals surface area contributed by atoms with E-state index in [1.807, 2.05) is 30.8 Å². The molecular formula is C10H20N4. The second-order valence-corrected chi connectivity index (χ2v) is 4.13. The van der Waals surface area contributed by atoms with E-state index in [1.165, 1.54) is 5.56 Å². The van der Waals surface area contributed by atoms with Crippen molar-refractivity contribution in [1.82, 2.24) is 14.8 Å². The molecule has 1 N–H and O–H groups in total. The highest BCUT2D eigenvalue weighted by Gasteiger charge is 2.16. The fraction of sp³-hybridized carbons (Fsp3) is 0.700. The Balaban J connectivity index is 3.11. The molecule has 0 aromatic carbocycles. The number of hydrogen-bond donors (Lipinski definition) is 1. The van der Waals surface area contributed by atoms with Crippen molar-refractivity contribution in [2.75, 3.05) is 19.5 Å². The lowest BCUT2D eigenvalue weighted by atomic mass is 10.0. The van der Waals surface area contributed by atoms with Gasteiger partial charge in [0, 0.05) is 26.7 Å². The predicted molar refractivity (Wildman–Crippen MR) is 59.3 cm³/mol. The van der Waals surface area contributed by atoms with Crippen molar-refractivity contribution in [3.05, 3.63) is 11.3 Å². The van der Waals surface area contributed by atoms with Crippen LogP contribution in [0.15, 0.2) is 0 Å². The fourth-order valence-electron chi connectivity index (χ4n) is 1.71. The normalized spacial score (nSPS) is 11.4. The van der Waals surface area contributed by atoms with Crippen LogP contribution in [0.4, 0.5) is 5.82 Å². The van der Waals surface area contributed by atoms with Crippen LogP contribution in [-0.2, 0) is 7.05 Å². The topological polar surface area (TPSA) is 33.1 Å². The van der Waals surface area contributed by atoms with Crippen LogP contribution < -0.4 is 5.43 Å². The van der Waals surface area contributed by atoms with Crippen LogP contribution in [-0.4, -0.2) is 28.9 Å². The Hall–Kier alpha value is -1.03. The average Bonchev–Trinajstić information content (AvgIpc) is 2.25. The number of nitrogens with one attached hydrogen (secondary N) is 1. The van der Waals surface area contributed by atoms with Crippen LogP contribution in [0, 0.1) is 6.92 Å². The second kappa shape index (κ2) is 4.00. The molecule has 0 atom stereocenters. The maximum Gasteiger partial charge on any atom is 0.142 e. The number of aromatic nitrogens is 2. The van der Waals surface area contributed by atoms with E-state index in [0.29, 0.717) is 5.92 Å². The molecule has 1 aromatic rings. The van der Waals surface area contributed by atoms with E-state index in [2.05, 4.69) is 31.3 Å². The molecule has 4 heteroatoms. The highest BCUT2D eigenvalue weighted by molar-refractivity contribution is 5.48. The molecule has 0 aliphatic carbocycles. The van der Waals surface area contributed by atoms with Crippen LogP contribution >= 0.6 is 0 Å². The Morgan fingerprint density at radius 2 is 1.93 bits per heavy atom. The quantitative estimate of drug-likeness (QED) is 0.748. The van der Waals surface area contributed by atoms with Crippen molar-refractivity contribution in [1.29, 1.82) is 0 Å². The fourth-order valence-corrected chi connectivity index (χ4v) is 1.71. The molecule has 0 amide bonds. The molecule has 80 valence electrons. The Morgan fingerprint density at radius 3 is 2.36 bits per heavy atom. The molecule has 0 unspecified atom stereocenters. The lowest BCUT2D eigenvalue weighted by Crippen LogP contribution is -2.22. The highest BCUT2D eigenvalue weighted by atomic mass is 15.5.